The monoisotopic (exact) mass is 381 g/mol. The quantitative estimate of drug-likeness (QED) is 0.556. The lowest BCUT2D eigenvalue weighted by atomic mass is 10.3. The van der Waals surface area contributed by atoms with Crippen molar-refractivity contribution in [1.82, 2.24) is 24.5 Å². The van der Waals surface area contributed by atoms with Crippen molar-refractivity contribution >= 4 is 33.0 Å². The third kappa shape index (κ3) is 3.35. The number of hydrogen-bond donors (Lipinski definition) is 1. The fourth-order valence-electron chi connectivity index (χ4n) is 3.09. The minimum atomic E-state index is -0.252. The molecule has 1 N–H and O–H groups in total. The highest BCUT2D eigenvalue weighted by Gasteiger charge is 2.16. The minimum absolute atomic E-state index is 0.101. The van der Waals surface area contributed by atoms with Gasteiger partial charge in [0.1, 0.15) is 22.7 Å². The van der Waals surface area contributed by atoms with Gasteiger partial charge in [0.2, 0.25) is 5.91 Å². The first-order chi connectivity index (χ1) is 13.2. The molecule has 0 saturated heterocycles. The molecule has 0 atom stereocenters. The summed E-state index contributed by atoms with van der Waals surface area (Å²) >= 11 is 1.59. The van der Waals surface area contributed by atoms with Crippen molar-refractivity contribution in [3.63, 3.8) is 0 Å². The number of amides is 1. The lowest BCUT2D eigenvalue weighted by Crippen LogP contribution is -2.35. The van der Waals surface area contributed by atoms with Crippen LogP contribution in [-0.4, -0.2) is 25.1 Å². The molecule has 4 aromatic heterocycles. The molecule has 1 amide bonds. The Morgan fingerprint density at radius 2 is 2.07 bits per heavy atom. The van der Waals surface area contributed by atoms with Gasteiger partial charge in [-0.3, -0.25) is 19.0 Å². The Balaban J connectivity index is 1.64. The van der Waals surface area contributed by atoms with Crippen LogP contribution in [0.2, 0.25) is 0 Å². The topological polar surface area (TPSA) is 81.3 Å². The smallest absolute Gasteiger partial charge is 0.291 e. The number of aryl methyl sites for hydroxylation is 1. The fraction of sp³-hybridized carbons (Fsp3) is 0.263. The summed E-state index contributed by atoms with van der Waals surface area (Å²) in [5.41, 5.74) is 1.27. The lowest BCUT2D eigenvalue weighted by Gasteiger charge is -2.11. The molecule has 4 heterocycles. The van der Waals surface area contributed by atoms with Crippen LogP contribution in [0.15, 0.2) is 46.8 Å². The molecule has 0 radical (unpaired) electrons. The largest absolute Gasteiger partial charge is 0.350 e. The normalized spacial score (nSPS) is 11.3. The summed E-state index contributed by atoms with van der Waals surface area (Å²) in [6, 6.07) is 7.54. The van der Waals surface area contributed by atoms with E-state index in [1.165, 1.54) is 4.68 Å². The summed E-state index contributed by atoms with van der Waals surface area (Å²) in [7, 11) is 0. The molecule has 4 aromatic rings. The van der Waals surface area contributed by atoms with Crippen LogP contribution in [0.3, 0.4) is 0 Å². The van der Waals surface area contributed by atoms with Crippen molar-refractivity contribution in [2.75, 3.05) is 0 Å². The highest BCUT2D eigenvalue weighted by molar-refractivity contribution is 7.16. The second kappa shape index (κ2) is 7.32. The standard InChI is InChI=1S/C19H19N5O2S/c1-2-3-16-22-23(12-17(25)21-11-13-4-7-20-8-5-13)18(26)15-10-14-6-9-27-19(14)24(15)16/h4-10H,2-3,11-12H2,1H3,(H,21,25). The van der Waals surface area contributed by atoms with Gasteiger partial charge >= 0.3 is 0 Å². The van der Waals surface area contributed by atoms with E-state index < -0.39 is 0 Å². The number of rotatable bonds is 6. The molecule has 0 spiro atoms. The predicted octanol–water partition coefficient (Wildman–Crippen LogP) is 2.37. The van der Waals surface area contributed by atoms with Crippen LogP contribution in [0, 0.1) is 0 Å². The molecular formula is C19H19N5O2S. The van der Waals surface area contributed by atoms with Crippen molar-refractivity contribution in [2.45, 2.75) is 32.9 Å². The van der Waals surface area contributed by atoms with Crippen LogP contribution in [0.5, 0.6) is 0 Å². The Morgan fingerprint density at radius 1 is 1.26 bits per heavy atom. The van der Waals surface area contributed by atoms with E-state index in [9.17, 15) is 9.59 Å². The summed E-state index contributed by atoms with van der Waals surface area (Å²) in [4.78, 5) is 30.2. The van der Waals surface area contributed by atoms with Gasteiger partial charge in [0.25, 0.3) is 5.56 Å². The van der Waals surface area contributed by atoms with E-state index in [-0.39, 0.29) is 18.0 Å². The number of carbonyl (C=O) groups excluding carboxylic acids is 1. The maximum atomic E-state index is 12.9. The van der Waals surface area contributed by atoms with Gasteiger partial charge in [-0.25, -0.2) is 4.68 Å². The van der Waals surface area contributed by atoms with E-state index in [4.69, 9.17) is 0 Å². The Kier molecular flexibility index (Phi) is 4.72. The van der Waals surface area contributed by atoms with E-state index in [0.717, 1.165) is 34.4 Å². The van der Waals surface area contributed by atoms with Gasteiger partial charge in [-0.05, 0) is 41.6 Å². The van der Waals surface area contributed by atoms with Crippen molar-refractivity contribution < 1.29 is 4.79 Å². The Labute approximate surface area is 159 Å². The van der Waals surface area contributed by atoms with Crippen LogP contribution in [0.1, 0.15) is 24.7 Å². The first-order valence-corrected chi connectivity index (χ1v) is 9.69. The van der Waals surface area contributed by atoms with E-state index >= 15 is 0 Å². The van der Waals surface area contributed by atoms with E-state index in [2.05, 4.69) is 22.3 Å². The summed E-state index contributed by atoms with van der Waals surface area (Å²) < 4.78 is 3.20. The molecule has 27 heavy (non-hydrogen) atoms. The molecule has 0 fully saturated rings. The zero-order valence-corrected chi connectivity index (χ0v) is 15.7. The molecule has 0 aliphatic rings. The molecule has 138 valence electrons. The fourth-order valence-corrected chi connectivity index (χ4v) is 4.00. The number of pyridine rings is 1. The molecule has 8 heteroatoms. The van der Waals surface area contributed by atoms with Gasteiger partial charge in [0.05, 0.1) is 0 Å². The lowest BCUT2D eigenvalue weighted by molar-refractivity contribution is -0.122. The Hall–Kier alpha value is -3.00. The maximum absolute atomic E-state index is 12.9. The first kappa shape index (κ1) is 17.4. The number of nitrogens with one attached hydrogen (secondary N) is 1. The van der Waals surface area contributed by atoms with E-state index in [1.54, 1.807) is 23.7 Å². The summed E-state index contributed by atoms with van der Waals surface area (Å²) in [5, 5.41) is 10.3. The van der Waals surface area contributed by atoms with Gasteiger partial charge in [-0.2, -0.15) is 5.10 Å². The van der Waals surface area contributed by atoms with Gasteiger partial charge < -0.3 is 5.32 Å². The van der Waals surface area contributed by atoms with Gasteiger partial charge in [0.15, 0.2) is 0 Å². The average molecular weight is 381 g/mol. The highest BCUT2D eigenvalue weighted by atomic mass is 32.1. The van der Waals surface area contributed by atoms with Gasteiger partial charge in [0, 0.05) is 30.7 Å². The molecule has 4 rings (SSSR count). The van der Waals surface area contributed by atoms with Crippen molar-refractivity contribution in [3.8, 4) is 0 Å². The molecule has 0 saturated carbocycles. The summed E-state index contributed by atoms with van der Waals surface area (Å²) in [6.45, 7) is 2.36. The molecule has 0 bridgehead atoms. The zero-order valence-electron chi connectivity index (χ0n) is 14.9. The summed E-state index contributed by atoms with van der Waals surface area (Å²) in [6.07, 6.45) is 4.99. The highest BCUT2D eigenvalue weighted by Crippen LogP contribution is 2.24. The molecule has 7 nitrogen and oxygen atoms in total. The van der Waals surface area contributed by atoms with Crippen LogP contribution >= 0.6 is 11.3 Å². The predicted molar refractivity (Wildman–Crippen MR) is 105 cm³/mol. The van der Waals surface area contributed by atoms with Gasteiger partial charge in [-0.15, -0.1) is 11.3 Å². The van der Waals surface area contributed by atoms with Gasteiger partial charge in [-0.1, -0.05) is 6.92 Å². The molecule has 0 aromatic carbocycles. The van der Waals surface area contributed by atoms with Crippen LogP contribution < -0.4 is 10.9 Å². The summed E-state index contributed by atoms with van der Waals surface area (Å²) in [5.74, 6) is 0.549. The third-order valence-electron chi connectivity index (χ3n) is 4.36. The molecule has 0 aliphatic heterocycles. The first-order valence-electron chi connectivity index (χ1n) is 8.81. The SMILES string of the molecule is CCCc1nn(CC(=O)NCc2ccncc2)c(=O)c2cc3ccsc3n12. The Bertz CT molecular complexity index is 1160. The second-order valence-corrected chi connectivity index (χ2v) is 7.20. The number of fused-ring (bicyclic) bond motifs is 3. The second-order valence-electron chi connectivity index (χ2n) is 6.31. The van der Waals surface area contributed by atoms with Crippen LogP contribution in [0.25, 0.3) is 15.7 Å². The molecule has 0 aliphatic carbocycles. The molecule has 0 unspecified atom stereocenters. The zero-order chi connectivity index (χ0) is 18.8. The number of hydrogen-bond acceptors (Lipinski definition) is 5. The van der Waals surface area contributed by atoms with Crippen LogP contribution in [0.4, 0.5) is 0 Å². The van der Waals surface area contributed by atoms with Crippen LogP contribution in [-0.2, 0) is 24.3 Å². The number of nitrogens with zero attached hydrogens (tertiary/aromatic N) is 4. The molecular weight excluding hydrogens is 362 g/mol. The van der Waals surface area contributed by atoms with Crippen molar-refractivity contribution in [3.05, 3.63) is 63.8 Å². The maximum Gasteiger partial charge on any atom is 0.291 e. The number of thiophene rings is 1. The van der Waals surface area contributed by atoms with Crippen molar-refractivity contribution in [1.29, 1.82) is 0 Å². The Morgan fingerprint density at radius 3 is 2.85 bits per heavy atom. The average Bonchev–Trinajstić information content (AvgIpc) is 3.26. The number of aromatic nitrogens is 4. The van der Waals surface area contributed by atoms with E-state index in [0.29, 0.717) is 12.1 Å². The number of carbonyl (C=O) groups is 1. The minimum Gasteiger partial charge on any atom is -0.350 e. The van der Waals surface area contributed by atoms with E-state index in [1.807, 2.05) is 34.0 Å². The van der Waals surface area contributed by atoms with Crippen molar-refractivity contribution in [2.24, 2.45) is 0 Å². The third-order valence-corrected chi connectivity index (χ3v) is 5.28.